The Hall–Kier alpha value is -2.29. The van der Waals surface area contributed by atoms with Gasteiger partial charge in [0, 0.05) is 21.8 Å². The Kier molecular flexibility index (Phi) is 3.22. The van der Waals surface area contributed by atoms with Crippen molar-refractivity contribution in [1.29, 1.82) is 0 Å². The number of hydrogen-bond donors (Lipinski definition) is 2. The van der Waals surface area contributed by atoms with Gasteiger partial charge >= 0.3 is 5.97 Å². The average molecular weight is 361 g/mol. The number of para-hydroxylation sites is 1. The molecule has 1 heterocycles. The molecule has 3 aromatic rings. The molecule has 0 radical (unpaired) electrons. The molecule has 1 aromatic heterocycles. The van der Waals surface area contributed by atoms with Gasteiger partial charge in [0.15, 0.2) is 0 Å². The second-order valence-corrected chi connectivity index (χ2v) is 9.38. The van der Waals surface area contributed by atoms with E-state index < -0.39 is 11.4 Å². The normalized spacial score (nSPS) is 33.0. The molecule has 27 heavy (non-hydrogen) atoms. The third kappa shape index (κ3) is 1.90. The first-order valence-corrected chi connectivity index (χ1v) is 10.1. The molecule has 2 N–H and O–H groups in total. The van der Waals surface area contributed by atoms with Crippen molar-refractivity contribution in [3.63, 3.8) is 0 Å². The zero-order valence-corrected chi connectivity index (χ0v) is 16.4. The van der Waals surface area contributed by atoms with Crippen molar-refractivity contribution in [3.05, 3.63) is 47.5 Å². The summed E-state index contributed by atoms with van der Waals surface area (Å²) >= 11 is 0. The average Bonchev–Trinajstić information content (AvgIpc) is 3.00. The standard InChI is InChI=1S/C24H27NO2/c1-22-10-6-11-23(2,21(26)27)24(22,3)12-9-15-13-20-17(14-18(15)22)16-7-4-5-8-19(16)25-20/h4-5,7-8,13-14,25H,6,9-12H2,1-3H3,(H,26,27)/t22-,23-,24-/m1/s1. The molecule has 0 spiro atoms. The monoisotopic (exact) mass is 361 g/mol. The highest BCUT2D eigenvalue weighted by Gasteiger charge is 2.63. The van der Waals surface area contributed by atoms with E-state index in [0.29, 0.717) is 0 Å². The number of benzene rings is 2. The lowest BCUT2D eigenvalue weighted by Crippen LogP contribution is -2.60. The van der Waals surface area contributed by atoms with Crippen molar-refractivity contribution in [2.75, 3.05) is 0 Å². The largest absolute Gasteiger partial charge is 0.481 e. The van der Waals surface area contributed by atoms with Crippen LogP contribution in [0.2, 0.25) is 0 Å². The van der Waals surface area contributed by atoms with E-state index in [1.54, 1.807) is 0 Å². The molecule has 0 saturated heterocycles. The van der Waals surface area contributed by atoms with Crippen LogP contribution in [-0.2, 0) is 16.6 Å². The lowest BCUT2D eigenvalue weighted by molar-refractivity contribution is -0.168. The van der Waals surface area contributed by atoms with E-state index in [2.05, 4.69) is 55.2 Å². The summed E-state index contributed by atoms with van der Waals surface area (Å²) in [7, 11) is 0. The van der Waals surface area contributed by atoms with Gasteiger partial charge in [0.05, 0.1) is 5.41 Å². The first-order valence-electron chi connectivity index (χ1n) is 10.1. The molecule has 5 rings (SSSR count). The van der Waals surface area contributed by atoms with Gasteiger partial charge in [-0.3, -0.25) is 4.79 Å². The number of nitrogens with one attached hydrogen (secondary N) is 1. The summed E-state index contributed by atoms with van der Waals surface area (Å²) in [5.41, 5.74) is 4.10. The summed E-state index contributed by atoms with van der Waals surface area (Å²) in [5.74, 6) is -0.632. The van der Waals surface area contributed by atoms with E-state index >= 15 is 0 Å². The van der Waals surface area contributed by atoms with Crippen LogP contribution in [0.25, 0.3) is 21.8 Å². The minimum atomic E-state index is -0.674. The summed E-state index contributed by atoms with van der Waals surface area (Å²) in [6.07, 6.45) is 4.70. The molecule has 3 heteroatoms. The van der Waals surface area contributed by atoms with Crippen LogP contribution in [0.5, 0.6) is 0 Å². The van der Waals surface area contributed by atoms with Crippen LogP contribution in [0.1, 0.15) is 57.6 Å². The lowest BCUT2D eigenvalue weighted by Gasteiger charge is -2.61. The number of aromatic nitrogens is 1. The maximum Gasteiger partial charge on any atom is 0.309 e. The van der Waals surface area contributed by atoms with E-state index in [4.69, 9.17) is 0 Å². The first-order chi connectivity index (χ1) is 12.8. The lowest BCUT2D eigenvalue weighted by atomic mass is 9.41. The molecule has 1 fully saturated rings. The van der Waals surface area contributed by atoms with E-state index in [0.717, 1.165) is 32.1 Å². The quantitative estimate of drug-likeness (QED) is 0.575. The third-order valence-corrected chi connectivity index (χ3v) is 8.48. The molecule has 0 aliphatic heterocycles. The van der Waals surface area contributed by atoms with Gasteiger partial charge in [0.1, 0.15) is 0 Å². The number of carboxylic acids is 1. The molecular formula is C24H27NO2. The van der Waals surface area contributed by atoms with Crippen LogP contribution in [0.15, 0.2) is 36.4 Å². The fourth-order valence-electron chi connectivity index (χ4n) is 6.33. The van der Waals surface area contributed by atoms with Gasteiger partial charge < -0.3 is 10.1 Å². The molecule has 140 valence electrons. The summed E-state index contributed by atoms with van der Waals surface area (Å²) in [6, 6.07) is 13.1. The van der Waals surface area contributed by atoms with Crippen molar-refractivity contribution < 1.29 is 9.90 Å². The van der Waals surface area contributed by atoms with Crippen molar-refractivity contribution >= 4 is 27.8 Å². The molecule has 3 nitrogen and oxygen atoms in total. The number of H-pyrrole nitrogens is 1. The number of aryl methyl sites for hydroxylation is 1. The Bertz CT molecular complexity index is 1100. The van der Waals surface area contributed by atoms with Crippen LogP contribution in [-0.4, -0.2) is 16.1 Å². The minimum absolute atomic E-state index is 0.113. The third-order valence-electron chi connectivity index (χ3n) is 8.48. The molecule has 2 aliphatic carbocycles. The molecule has 0 amide bonds. The predicted molar refractivity (Wildman–Crippen MR) is 109 cm³/mol. The molecule has 2 aliphatic rings. The number of carboxylic acid groups (broad SMARTS) is 1. The van der Waals surface area contributed by atoms with E-state index in [1.165, 1.54) is 32.9 Å². The topological polar surface area (TPSA) is 53.1 Å². The number of rotatable bonds is 1. The van der Waals surface area contributed by atoms with Crippen LogP contribution < -0.4 is 0 Å². The minimum Gasteiger partial charge on any atom is -0.481 e. The molecule has 1 saturated carbocycles. The zero-order valence-electron chi connectivity index (χ0n) is 16.4. The van der Waals surface area contributed by atoms with Crippen LogP contribution in [0.3, 0.4) is 0 Å². The van der Waals surface area contributed by atoms with Gasteiger partial charge in [-0.15, -0.1) is 0 Å². The van der Waals surface area contributed by atoms with Crippen molar-refractivity contribution in [2.45, 2.75) is 58.3 Å². The van der Waals surface area contributed by atoms with E-state index in [9.17, 15) is 9.90 Å². The number of aliphatic carboxylic acids is 1. The number of fused-ring (bicyclic) bond motifs is 6. The van der Waals surface area contributed by atoms with Crippen LogP contribution >= 0.6 is 0 Å². The fourth-order valence-corrected chi connectivity index (χ4v) is 6.33. The Morgan fingerprint density at radius 1 is 1.00 bits per heavy atom. The summed E-state index contributed by atoms with van der Waals surface area (Å²) in [5, 5.41) is 12.7. The van der Waals surface area contributed by atoms with Gasteiger partial charge in [0.2, 0.25) is 0 Å². The second kappa shape index (κ2) is 5.15. The van der Waals surface area contributed by atoms with E-state index in [-0.39, 0.29) is 10.8 Å². The summed E-state index contributed by atoms with van der Waals surface area (Å²) in [4.78, 5) is 15.9. The van der Waals surface area contributed by atoms with Crippen molar-refractivity contribution in [1.82, 2.24) is 4.98 Å². The number of carbonyl (C=O) groups is 1. The predicted octanol–water partition coefficient (Wildman–Crippen LogP) is 5.81. The van der Waals surface area contributed by atoms with E-state index in [1.807, 2.05) is 6.92 Å². The number of hydrogen-bond acceptors (Lipinski definition) is 1. The van der Waals surface area contributed by atoms with Gasteiger partial charge in [-0.25, -0.2) is 0 Å². The van der Waals surface area contributed by atoms with Crippen LogP contribution in [0.4, 0.5) is 0 Å². The molecule has 2 aromatic carbocycles. The molecular weight excluding hydrogens is 334 g/mol. The van der Waals surface area contributed by atoms with Crippen molar-refractivity contribution in [2.24, 2.45) is 10.8 Å². The SMILES string of the molecule is C[C@@]12CCc3cc4[nH]c5ccccc5c4cc3[C@@]1(C)CCC[C@]2(C)C(=O)O. The van der Waals surface area contributed by atoms with Gasteiger partial charge in [-0.05, 0) is 72.8 Å². The highest BCUT2D eigenvalue weighted by Crippen LogP contribution is 2.65. The maximum absolute atomic E-state index is 12.3. The summed E-state index contributed by atoms with van der Waals surface area (Å²) in [6.45, 7) is 6.55. The molecule has 3 atom stereocenters. The second-order valence-electron chi connectivity index (χ2n) is 9.38. The number of aromatic amines is 1. The van der Waals surface area contributed by atoms with Gasteiger partial charge in [0.25, 0.3) is 0 Å². The van der Waals surface area contributed by atoms with Gasteiger partial charge in [-0.2, -0.15) is 0 Å². The zero-order chi connectivity index (χ0) is 19.0. The fraction of sp³-hybridized carbons (Fsp3) is 0.458. The highest BCUT2D eigenvalue weighted by molar-refractivity contribution is 6.07. The molecule has 0 bridgehead atoms. The Morgan fingerprint density at radius 2 is 1.78 bits per heavy atom. The summed E-state index contributed by atoms with van der Waals surface area (Å²) < 4.78 is 0. The smallest absolute Gasteiger partial charge is 0.309 e. The van der Waals surface area contributed by atoms with Crippen LogP contribution in [0, 0.1) is 10.8 Å². The van der Waals surface area contributed by atoms with Crippen molar-refractivity contribution in [3.8, 4) is 0 Å². The Balaban J connectivity index is 1.79. The highest BCUT2D eigenvalue weighted by atomic mass is 16.4. The maximum atomic E-state index is 12.3. The van der Waals surface area contributed by atoms with Gasteiger partial charge in [-0.1, -0.05) is 38.5 Å². The molecule has 0 unspecified atom stereocenters. The Labute approximate surface area is 159 Å². The Morgan fingerprint density at radius 3 is 2.56 bits per heavy atom. The first kappa shape index (κ1) is 16.9.